The molecular weight excluding hydrogens is 274 g/mol. The summed E-state index contributed by atoms with van der Waals surface area (Å²) in [5, 5.41) is 11.8. The van der Waals surface area contributed by atoms with Crippen molar-refractivity contribution in [3.05, 3.63) is 59.2 Å². The zero-order valence-electron chi connectivity index (χ0n) is 12.5. The van der Waals surface area contributed by atoms with Gasteiger partial charge in [0.25, 0.3) is 0 Å². The number of nitrogens with zero attached hydrogens (tertiary/aromatic N) is 2. The van der Waals surface area contributed by atoms with Gasteiger partial charge in [0.2, 0.25) is 5.91 Å². The first-order chi connectivity index (χ1) is 10.7. The van der Waals surface area contributed by atoms with E-state index in [-0.39, 0.29) is 5.91 Å². The summed E-state index contributed by atoms with van der Waals surface area (Å²) >= 11 is 0. The molecule has 1 N–H and O–H groups in total. The second-order valence-electron chi connectivity index (χ2n) is 5.45. The number of likely N-dealkylation sites (N-methyl/N-ethyl adjacent to an activating group) is 1. The third-order valence-electron chi connectivity index (χ3n) is 3.98. The van der Waals surface area contributed by atoms with E-state index in [2.05, 4.69) is 29.7 Å². The van der Waals surface area contributed by atoms with Crippen LogP contribution in [0.4, 0.5) is 0 Å². The van der Waals surface area contributed by atoms with Gasteiger partial charge in [0.15, 0.2) is 6.19 Å². The molecule has 1 aliphatic rings. The Balaban J connectivity index is 2.08. The second-order valence-corrected chi connectivity index (χ2v) is 5.45. The van der Waals surface area contributed by atoms with Crippen molar-refractivity contribution in [3.8, 4) is 17.3 Å². The van der Waals surface area contributed by atoms with Crippen LogP contribution in [0.1, 0.15) is 16.7 Å². The van der Waals surface area contributed by atoms with Crippen LogP contribution in [-0.4, -0.2) is 17.9 Å². The predicted octanol–water partition coefficient (Wildman–Crippen LogP) is 2.44. The van der Waals surface area contributed by atoms with Gasteiger partial charge in [-0.1, -0.05) is 42.5 Å². The van der Waals surface area contributed by atoms with Gasteiger partial charge in [-0.05, 0) is 27.8 Å². The van der Waals surface area contributed by atoms with Gasteiger partial charge in [0.05, 0.1) is 19.5 Å². The van der Waals surface area contributed by atoms with Gasteiger partial charge in [0, 0.05) is 7.05 Å². The maximum Gasteiger partial charge on any atom is 0.224 e. The Morgan fingerprint density at radius 2 is 2.05 bits per heavy atom. The summed E-state index contributed by atoms with van der Waals surface area (Å²) in [6.45, 7) is 1.25. The number of hydrogen-bond acceptors (Lipinski definition) is 3. The number of amides is 1. The van der Waals surface area contributed by atoms with E-state index >= 15 is 0 Å². The minimum atomic E-state index is -0.00546. The van der Waals surface area contributed by atoms with Gasteiger partial charge in [-0.25, -0.2) is 0 Å². The largest absolute Gasteiger partial charge is 0.359 e. The molecule has 0 aromatic heterocycles. The van der Waals surface area contributed by atoms with Crippen molar-refractivity contribution < 1.29 is 4.79 Å². The van der Waals surface area contributed by atoms with Crippen LogP contribution in [0, 0.1) is 11.5 Å². The highest BCUT2D eigenvalue weighted by atomic mass is 16.1. The molecule has 2 aromatic rings. The number of hydrogen-bond donors (Lipinski definition) is 1. The monoisotopic (exact) mass is 291 g/mol. The predicted molar refractivity (Wildman–Crippen MR) is 84.5 cm³/mol. The van der Waals surface area contributed by atoms with Crippen LogP contribution >= 0.6 is 0 Å². The van der Waals surface area contributed by atoms with Crippen LogP contribution in [0.3, 0.4) is 0 Å². The second kappa shape index (κ2) is 5.90. The summed E-state index contributed by atoms with van der Waals surface area (Å²) in [6, 6.07) is 14.2. The molecule has 0 unspecified atom stereocenters. The number of rotatable bonds is 3. The van der Waals surface area contributed by atoms with Crippen molar-refractivity contribution in [3.63, 3.8) is 0 Å². The Kier molecular flexibility index (Phi) is 3.80. The molecule has 0 bridgehead atoms. The number of nitriles is 1. The Labute approximate surface area is 130 Å². The molecular formula is C18H17N3O. The average Bonchev–Trinajstić information content (AvgIpc) is 2.98. The van der Waals surface area contributed by atoms with E-state index in [1.165, 1.54) is 5.56 Å². The molecule has 22 heavy (non-hydrogen) atoms. The molecule has 1 heterocycles. The minimum Gasteiger partial charge on any atom is -0.359 e. The van der Waals surface area contributed by atoms with E-state index in [9.17, 15) is 4.79 Å². The lowest BCUT2D eigenvalue weighted by molar-refractivity contribution is -0.119. The molecule has 4 nitrogen and oxygen atoms in total. The summed E-state index contributed by atoms with van der Waals surface area (Å²) in [6.07, 6.45) is 2.57. The smallest absolute Gasteiger partial charge is 0.224 e. The molecule has 1 amide bonds. The Morgan fingerprint density at radius 1 is 1.27 bits per heavy atom. The van der Waals surface area contributed by atoms with Crippen LogP contribution in [-0.2, 0) is 24.3 Å². The Morgan fingerprint density at radius 3 is 2.73 bits per heavy atom. The number of benzene rings is 2. The van der Waals surface area contributed by atoms with Gasteiger partial charge in [-0.15, -0.1) is 0 Å². The first-order valence-corrected chi connectivity index (χ1v) is 7.26. The fourth-order valence-corrected chi connectivity index (χ4v) is 2.90. The zero-order chi connectivity index (χ0) is 15.5. The van der Waals surface area contributed by atoms with Crippen LogP contribution in [0.5, 0.6) is 0 Å². The van der Waals surface area contributed by atoms with Crippen molar-refractivity contribution in [2.24, 2.45) is 0 Å². The summed E-state index contributed by atoms with van der Waals surface area (Å²) in [5.74, 6) is -0.00546. The van der Waals surface area contributed by atoms with E-state index in [1.807, 2.05) is 24.3 Å². The molecule has 0 spiro atoms. The lowest BCUT2D eigenvalue weighted by atomic mass is 9.93. The molecule has 2 aromatic carbocycles. The van der Waals surface area contributed by atoms with Crippen molar-refractivity contribution in [2.45, 2.75) is 19.5 Å². The number of carbonyl (C=O) groups excluding carboxylic acids is 1. The van der Waals surface area contributed by atoms with Crippen molar-refractivity contribution in [2.75, 3.05) is 7.05 Å². The molecule has 0 atom stereocenters. The molecule has 0 fully saturated rings. The molecule has 0 radical (unpaired) electrons. The SMILES string of the molecule is CNC(=O)Cc1cc2c(c(-c3ccccc3)c1)CN(C#N)C2. The zero-order valence-corrected chi connectivity index (χ0v) is 12.5. The number of carbonyl (C=O) groups is 1. The van der Waals surface area contributed by atoms with Crippen molar-refractivity contribution >= 4 is 5.91 Å². The fourth-order valence-electron chi connectivity index (χ4n) is 2.90. The van der Waals surface area contributed by atoms with E-state index in [0.29, 0.717) is 19.5 Å². The quantitative estimate of drug-likeness (QED) is 0.884. The third-order valence-corrected chi connectivity index (χ3v) is 3.98. The topological polar surface area (TPSA) is 56.1 Å². The molecule has 0 aliphatic carbocycles. The number of fused-ring (bicyclic) bond motifs is 1. The third kappa shape index (κ3) is 2.66. The maximum absolute atomic E-state index is 11.7. The van der Waals surface area contributed by atoms with Gasteiger partial charge in [-0.2, -0.15) is 5.26 Å². The highest BCUT2D eigenvalue weighted by molar-refractivity contribution is 5.80. The normalized spacial score (nSPS) is 12.6. The molecule has 3 rings (SSSR count). The van der Waals surface area contributed by atoms with E-state index in [0.717, 1.165) is 22.3 Å². The molecule has 110 valence electrons. The van der Waals surface area contributed by atoms with Crippen molar-refractivity contribution in [1.82, 2.24) is 10.2 Å². The molecule has 0 saturated heterocycles. The van der Waals surface area contributed by atoms with E-state index in [4.69, 9.17) is 5.26 Å². The van der Waals surface area contributed by atoms with Gasteiger partial charge < -0.3 is 10.2 Å². The van der Waals surface area contributed by atoms with Crippen molar-refractivity contribution in [1.29, 1.82) is 5.26 Å². The summed E-state index contributed by atoms with van der Waals surface area (Å²) in [4.78, 5) is 13.4. The summed E-state index contributed by atoms with van der Waals surface area (Å²) < 4.78 is 0. The van der Waals surface area contributed by atoms with Crippen LogP contribution < -0.4 is 5.32 Å². The first-order valence-electron chi connectivity index (χ1n) is 7.26. The Bertz CT molecular complexity index is 747. The minimum absolute atomic E-state index is 0.00546. The van der Waals surface area contributed by atoms with Gasteiger partial charge in [-0.3, -0.25) is 4.79 Å². The summed E-state index contributed by atoms with van der Waals surface area (Å²) in [5.41, 5.74) is 5.55. The highest BCUT2D eigenvalue weighted by Crippen LogP contribution is 2.33. The van der Waals surface area contributed by atoms with Crippen LogP contribution in [0.2, 0.25) is 0 Å². The average molecular weight is 291 g/mol. The number of nitrogens with one attached hydrogen (secondary N) is 1. The first kappa shape index (κ1) is 14.2. The standard InChI is InChI=1S/C18H17N3O/c1-20-18(22)9-13-7-15-10-21(12-19)11-17(15)16(8-13)14-5-3-2-4-6-14/h2-8H,9-11H2,1H3,(H,20,22). The highest BCUT2D eigenvalue weighted by Gasteiger charge is 2.22. The maximum atomic E-state index is 11.7. The van der Waals surface area contributed by atoms with E-state index in [1.54, 1.807) is 11.9 Å². The van der Waals surface area contributed by atoms with Crippen LogP contribution in [0.15, 0.2) is 42.5 Å². The van der Waals surface area contributed by atoms with Crippen LogP contribution in [0.25, 0.3) is 11.1 Å². The van der Waals surface area contributed by atoms with Gasteiger partial charge >= 0.3 is 0 Å². The van der Waals surface area contributed by atoms with Gasteiger partial charge in [0.1, 0.15) is 0 Å². The lowest BCUT2D eigenvalue weighted by Crippen LogP contribution is -2.20. The summed E-state index contributed by atoms with van der Waals surface area (Å²) in [7, 11) is 1.64. The lowest BCUT2D eigenvalue weighted by Gasteiger charge is -2.11. The Hall–Kier alpha value is -2.80. The fraction of sp³-hybridized carbons (Fsp3) is 0.222. The molecule has 0 saturated carbocycles. The molecule has 1 aliphatic heterocycles. The van der Waals surface area contributed by atoms with E-state index < -0.39 is 0 Å². The molecule has 4 heteroatoms.